The number of halogens is 3. The van der Waals surface area contributed by atoms with Crippen LogP contribution in [0.2, 0.25) is 0 Å². The summed E-state index contributed by atoms with van der Waals surface area (Å²) in [5.74, 6) is -0.267. The van der Waals surface area contributed by atoms with E-state index in [0.717, 1.165) is 0 Å². The molecule has 22 heteroatoms. The molecule has 0 heterocycles. The first-order valence-corrected chi connectivity index (χ1v) is 30.1. The molecule has 0 amide bonds. The summed E-state index contributed by atoms with van der Waals surface area (Å²) in [6.45, 7) is 12.7. The molecule has 0 aliphatic rings. The Kier molecular flexibility index (Phi) is 23.2. The van der Waals surface area contributed by atoms with Crippen molar-refractivity contribution in [3.05, 3.63) is 259 Å². The lowest BCUT2D eigenvalue weighted by Gasteiger charge is -2.17. The topological polar surface area (TPSA) is 244 Å². The average molecular weight is 1200 g/mol. The molecular weight excluding hydrogens is 1140 g/mol. The minimum atomic E-state index is -4.52. The van der Waals surface area contributed by atoms with E-state index in [4.69, 9.17) is 0 Å². The van der Waals surface area contributed by atoms with Crippen molar-refractivity contribution in [2.75, 3.05) is 0 Å². The van der Waals surface area contributed by atoms with E-state index in [9.17, 15) is 70.5 Å². The number of hydrogen-bond donors (Lipinski definition) is 4. The smallest absolute Gasteiger partial charge is 0.327 e. The van der Waals surface area contributed by atoms with E-state index in [1.807, 2.05) is 6.07 Å². The predicted molar refractivity (Wildman–Crippen MR) is 307 cm³/mol. The van der Waals surface area contributed by atoms with Crippen LogP contribution in [-0.2, 0) is 44.9 Å². The number of carbonyl (C=O) groups is 1. The Bertz CT molecular complexity index is 3880. The molecule has 0 saturated heterocycles. The fraction of sp³-hybridized carbons (Fsp3) is 0.183. The van der Waals surface area contributed by atoms with Crippen LogP contribution >= 0.6 is 0 Å². The van der Waals surface area contributed by atoms with Crippen LogP contribution in [-0.4, -0.2) is 66.6 Å². The molecule has 3 atom stereocenters. The summed E-state index contributed by atoms with van der Waals surface area (Å²) in [5, 5.41) is 10.4. The van der Waals surface area contributed by atoms with Crippen LogP contribution in [0.4, 0.5) is 13.3 Å². The van der Waals surface area contributed by atoms with Gasteiger partial charge in [-0.3, -0.25) is 18.5 Å². The molecule has 0 spiro atoms. The maximum Gasteiger partial charge on any atom is 0.327 e. The molecular formula is C60H59BF3O14S4. The average Bonchev–Trinajstić information content (AvgIpc) is 3.43. The summed E-state index contributed by atoms with van der Waals surface area (Å²) in [7, 11) is -17.5. The number of hydrogen-bond acceptors (Lipinski definition) is 11. The molecule has 8 aromatic rings. The van der Waals surface area contributed by atoms with E-state index in [2.05, 4.69) is 4.39 Å². The number of alkyl halides is 2. The number of aryl methyl sites for hydroxylation is 4. The fourth-order valence-corrected chi connectivity index (χ4v) is 12.1. The highest BCUT2D eigenvalue weighted by Crippen LogP contribution is 2.35. The highest BCUT2D eigenvalue weighted by Gasteiger charge is 2.27. The van der Waals surface area contributed by atoms with Crippen LogP contribution in [0.3, 0.4) is 0 Å². The normalized spacial score (nSPS) is 12.6. The third-order valence-electron chi connectivity index (χ3n) is 12.7. The summed E-state index contributed by atoms with van der Waals surface area (Å²) < 4.78 is 164. The standard InChI is InChI=1S/C15H14F2O3S.C15H15FO3S.C15H16O4S.C15H14O4S.B/c1-10-8-13(15(16)12-6-4-3-5-7-12)11(2)14(9-10)21(18,19)20-17;3*1-10-8-13(11(2)14(9-10)20(17,18)19)15(16)12-6-4-3-5-7-12;/h3-9,15H,1-2H3;3-9,15H,1-2H3,(H,17,18,19);3-9,15-16H,1-2H3,(H,17,18,19);3-9H,1-2H3,(H,17,18,19);. The predicted octanol–water partition coefficient (Wildman–Crippen LogP) is 12.6. The second-order valence-corrected chi connectivity index (χ2v) is 24.5. The number of rotatable bonds is 13. The lowest BCUT2D eigenvalue weighted by atomic mass is 9.96. The Morgan fingerprint density at radius 2 is 0.707 bits per heavy atom. The van der Waals surface area contributed by atoms with E-state index >= 15 is 0 Å². The van der Waals surface area contributed by atoms with E-state index in [0.29, 0.717) is 55.6 Å². The monoisotopic (exact) mass is 1200 g/mol. The van der Waals surface area contributed by atoms with Crippen molar-refractivity contribution in [2.24, 2.45) is 0 Å². The van der Waals surface area contributed by atoms with E-state index in [-0.39, 0.29) is 67.2 Å². The highest BCUT2D eigenvalue weighted by molar-refractivity contribution is 7.87. The number of benzene rings is 8. The molecule has 3 radical (unpaired) electrons. The van der Waals surface area contributed by atoms with Gasteiger partial charge < -0.3 is 5.11 Å². The van der Waals surface area contributed by atoms with Crippen molar-refractivity contribution < 1.29 is 74.9 Å². The number of aliphatic hydroxyl groups is 1. The van der Waals surface area contributed by atoms with Gasteiger partial charge in [0, 0.05) is 19.5 Å². The van der Waals surface area contributed by atoms with Crippen LogP contribution in [0.25, 0.3) is 0 Å². The van der Waals surface area contributed by atoms with Crippen LogP contribution in [0.5, 0.6) is 0 Å². The SMILES string of the molecule is Cc1cc(C(=O)c2ccccc2)c(C)c(S(=O)(=O)O)c1.Cc1cc(C(F)c2ccccc2)c(C)c(S(=O)(=O)O)c1.Cc1cc(C(F)c2ccccc2)c(C)c(S(=O)(=O)OF)c1.Cc1cc(C(O)c2ccccc2)c(C)c(S(=O)(=O)O)c1.[B]. The van der Waals surface area contributed by atoms with Crippen molar-refractivity contribution in [1.82, 2.24) is 0 Å². The Morgan fingerprint density at radius 3 is 1.07 bits per heavy atom. The van der Waals surface area contributed by atoms with Gasteiger partial charge in [-0.1, -0.05) is 144 Å². The summed E-state index contributed by atoms with van der Waals surface area (Å²) in [6.07, 6.45) is -3.87. The van der Waals surface area contributed by atoms with Gasteiger partial charge in [0.15, 0.2) is 18.1 Å². The van der Waals surface area contributed by atoms with Gasteiger partial charge in [0.05, 0.1) is 14.7 Å². The van der Waals surface area contributed by atoms with Crippen molar-refractivity contribution in [1.29, 1.82) is 0 Å². The molecule has 4 N–H and O–H groups in total. The molecule has 0 aliphatic carbocycles. The van der Waals surface area contributed by atoms with E-state index in [1.54, 1.807) is 174 Å². The first-order chi connectivity index (χ1) is 37.8. The van der Waals surface area contributed by atoms with Gasteiger partial charge in [-0.2, -0.15) is 33.7 Å². The fourth-order valence-electron chi connectivity index (χ4n) is 8.69. The van der Waals surface area contributed by atoms with Crippen LogP contribution in [0.15, 0.2) is 189 Å². The maximum absolute atomic E-state index is 14.7. The first kappa shape index (κ1) is 67.4. The highest BCUT2D eigenvalue weighted by atomic mass is 32.2. The number of carbonyl (C=O) groups excluding carboxylic acids is 1. The van der Waals surface area contributed by atoms with Crippen LogP contribution in [0.1, 0.15) is 112 Å². The van der Waals surface area contributed by atoms with Gasteiger partial charge in [0.2, 0.25) is 0 Å². The van der Waals surface area contributed by atoms with Crippen LogP contribution < -0.4 is 0 Å². The molecule has 8 rings (SSSR count). The minimum Gasteiger partial charge on any atom is -0.384 e. The van der Waals surface area contributed by atoms with E-state index < -0.39 is 58.9 Å². The molecule has 3 unspecified atom stereocenters. The maximum atomic E-state index is 14.7. The van der Waals surface area contributed by atoms with Gasteiger partial charge in [0.1, 0.15) is 11.0 Å². The van der Waals surface area contributed by atoms with Crippen molar-refractivity contribution in [3.8, 4) is 0 Å². The van der Waals surface area contributed by atoms with Gasteiger partial charge in [-0.25, -0.2) is 8.78 Å². The lowest BCUT2D eigenvalue weighted by Crippen LogP contribution is -2.09. The Balaban J connectivity index is 0.000000234. The zero-order valence-corrected chi connectivity index (χ0v) is 48.9. The quantitative estimate of drug-likeness (QED) is 0.0477. The van der Waals surface area contributed by atoms with Gasteiger partial charge in [0.25, 0.3) is 30.4 Å². The molecule has 0 aliphatic heterocycles. The van der Waals surface area contributed by atoms with Crippen LogP contribution in [0, 0.1) is 55.4 Å². The second kappa shape index (κ2) is 28.2. The van der Waals surface area contributed by atoms with Gasteiger partial charge >= 0.3 is 10.1 Å². The molecule has 0 bridgehead atoms. The largest absolute Gasteiger partial charge is 0.384 e. The molecule has 0 saturated carbocycles. The van der Waals surface area contributed by atoms with Gasteiger partial charge in [-0.05, 0) is 168 Å². The van der Waals surface area contributed by atoms with Crippen molar-refractivity contribution >= 4 is 54.7 Å². The number of aliphatic hydroxyl groups excluding tert-OH is 1. The van der Waals surface area contributed by atoms with Crippen molar-refractivity contribution in [2.45, 2.75) is 93.4 Å². The molecule has 14 nitrogen and oxygen atoms in total. The molecule has 0 fully saturated rings. The Hall–Kier alpha value is -7.12. The van der Waals surface area contributed by atoms with Crippen molar-refractivity contribution in [3.63, 3.8) is 0 Å². The molecule has 8 aromatic carbocycles. The zero-order chi connectivity index (χ0) is 60.4. The third kappa shape index (κ3) is 17.2. The second-order valence-electron chi connectivity index (χ2n) is 18.9. The Labute approximate surface area is 479 Å². The summed E-state index contributed by atoms with van der Waals surface area (Å²) in [5.41, 5.74) is 6.50. The molecule has 0 aromatic heterocycles. The first-order valence-electron chi connectivity index (χ1n) is 24.4. The summed E-state index contributed by atoms with van der Waals surface area (Å²) >= 11 is 0. The summed E-state index contributed by atoms with van der Waals surface area (Å²) in [6, 6.07) is 46.2. The number of ketones is 1. The molecule has 431 valence electrons. The zero-order valence-electron chi connectivity index (χ0n) is 45.6. The minimum absolute atomic E-state index is 0. The third-order valence-corrected chi connectivity index (χ3v) is 16.8. The summed E-state index contributed by atoms with van der Waals surface area (Å²) in [4.78, 5) is 11.4. The molecule has 82 heavy (non-hydrogen) atoms. The Morgan fingerprint density at radius 1 is 0.415 bits per heavy atom. The van der Waals surface area contributed by atoms with E-state index in [1.165, 1.54) is 45.0 Å². The van der Waals surface area contributed by atoms with Gasteiger partial charge in [-0.15, -0.1) is 0 Å². The lowest BCUT2D eigenvalue weighted by molar-refractivity contribution is 0.00278.